The quantitative estimate of drug-likeness (QED) is 0.794. The van der Waals surface area contributed by atoms with Gasteiger partial charge in [-0.15, -0.1) is 0 Å². The lowest BCUT2D eigenvalue weighted by atomic mass is 9.97. The summed E-state index contributed by atoms with van der Waals surface area (Å²) in [6, 6.07) is 12.2. The van der Waals surface area contributed by atoms with Crippen molar-refractivity contribution in [1.82, 2.24) is 19.5 Å². The van der Waals surface area contributed by atoms with E-state index in [0.717, 1.165) is 38.3 Å². The van der Waals surface area contributed by atoms with Gasteiger partial charge in [-0.2, -0.15) is 4.98 Å². The van der Waals surface area contributed by atoms with E-state index in [4.69, 9.17) is 5.73 Å². The Balaban J connectivity index is 1.53. The molecule has 0 bridgehead atoms. The summed E-state index contributed by atoms with van der Waals surface area (Å²) < 4.78 is 2.25. The first-order chi connectivity index (χ1) is 12.3. The average Bonchev–Trinajstić information content (AvgIpc) is 3.11. The summed E-state index contributed by atoms with van der Waals surface area (Å²) in [6.07, 6.45) is 7.91. The van der Waals surface area contributed by atoms with Crippen molar-refractivity contribution in [3.63, 3.8) is 0 Å². The molecule has 0 amide bonds. The smallest absolute Gasteiger partial charge is 0.227 e. The van der Waals surface area contributed by atoms with E-state index < -0.39 is 0 Å². The van der Waals surface area contributed by atoms with Crippen LogP contribution in [0.25, 0.3) is 0 Å². The van der Waals surface area contributed by atoms with Crippen LogP contribution < -0.4 is 10.6 Å². The number of benzene rings is 1. The van der Waals surface area contributed by atoms with Gasteiger partial charge in [-0.05, 0) is 24.5 Å². The molecular weight excluding hydrogens is 312 g/mol. The van der Waals surface area contributed by atoms with Gasteiger partial charge in [-0.25, -0.2) is 9.97 Å². The Bertz CT molecular complexity index is 829. The Morgan fingerprint density at radius 2 is 1.96 bits per heavy atom. The molecule has 0 unspecified atom stereocenters. The van der Waals surface area contributed by atoms with Crippen LogP contribution in [0.5, 0.6) is 0 Å². The van der Waals surface area contributed by atoms with Gasteiger partial charge in [-0.3, -0.25) is 0 Å². The molecule has 0 saturated carbocycles. The monoisotopic (exact) mass is 334 g/mol. The number of hydrogen-bond acceptors (Lipinski definition) is 5. The number of rotatable bonds is 4. The zero-order valence-electron chi connectivity index (χ0n) is 14.1. The van der Waals surface area contributed by atoms with Crippen LogP contribution in [-0.2, 0) is 6.54 Å². The maximum Gasteiger partial charge on any atom is 0.227 e. The highest BCUT2D eigenvalue weighted by Crippen LogP contribution is 2.28. The molecule has 3 heterocycles. The number of imidazole rings is 1. The normalized spacial score (nSPS) is 17.6. The van der Waals surface area contributed by atoms with Crippen LogP contribution in [0.2, 0.25) is 0 Å². The predicted molar refractivity (Wildman–Crippen MR) is 98.4 cm³/mol. The Morgan fingerprint density at radius 3 is 2.80 bits per heavy atom. The second kappa shape index (κ2) is 6.93. The number of aromatic nitrogens is 4. The molecule has 128 valence electrons. The van der Waals surface area contributed by atoms with Crippen LogP contribution in [0.1, 0.15) is 30.1 Å². The molecule has 0 spiro atoms. The van der Waals surface area contributed by atoms with Crippen LogP contribution in [0.3, 0.4) is 0 Å². The van der Waals surface area contributed by atoms with Crippen molar-refractivity contribution in [3.8, 4) is 0 Å². The Labute approximate surface area is 147 Å². The predicted octanol–water partition coefficient (Wildman–Crippen LogP) is 2.69. The van der Waals surface area contributed by atoms with E-state index in [9.17, 15) is 0 Å². The lowest BCUT2D eigenvalue weighted by Crippen LogP contribution is -2.36. The molecule has 2 N–H and O–H groups in total. The van der Waals surface area contributed by atoms with E-state index in [1.54, 1.807) is 12.3 Å². The molecule has 2 aromatic heterocycles. The molecule has 1 aliphatic heterocycles. The fraction of sp³-hybridized carbons (Fsp3) is 0.316. The zero-order valence-corrected chi connectivity index (χ0v) is 14.1. The first-order valence-electron chi connectivity index (χ1n) is 8.68. The Morgan fingerprint density at radius 1 is 1.08 bits per heavy atom. The summed E-state index contributed by atoms with van der Waals surface area (Å²) in [5, 5.41) is 0. The van der Waals surface area contributed by atoms with E-state index in [1.807, 2.05) is 12.3 Å². The highest BCUT2D eigenvalue weighted by atomic mass is 15.3. The highest BCUT2D eigenvalue weighted by Gasteiger charge is 2.26. The van der Waals surface area contributed by atoms with Crippen molar-refractivity contribution in [1.29, 1.82) is 0 Å². The van der Waals surface area contributed by atoms with Crippen molar-refractivity contribution in [2.45, 2.75) is 25.3 Å². The molecule has 1 saturated heterocycles. The van der Waals surface area contributed by atoms with Gasteiger partial charge in [0.2, 0.25) is 5.95 Å². The SMILES string of the molecule is Nc1ccnc(N2CCC[C@@H](c3nccn3Cc3ccccc3)C2)n1. The first-order valence-corrected chi connectivity index (χ1v) is 8.68. The van der Waals surface area contributed by atoms with Gasteiger partial charge >= 0.3 is 0 Å². The number of nitrogens with two attached hydrogens (primary N) is 1. The maximum atomic E-state index is 5.81. The van der Waals surface area contributed by atoms with E-state index in [0.29, 0.717) is 17.7 Å². The summed E-state index contributed by atoms with van der Waals surface area (Å²) >= 11 is 0. The summed E-state index contributed by atoms with van der Waals surface area (Å²) in [4.78, 5) is 15.6. The number of nitrogen functional groups attached to an aromatic ring is 1. The van der Waals surface area contributed by atoms with Crippen LogP contribution in [0.4, 0.5) is 11.8 Å². The third kappa shape index (κ3) is 3.47. The van der Waals surface area contributed by atoms with E-state index in [-0.39, 0.29) is 0 Å². The van der Waals surface area contributed by atoms with Crippen LogP contribution in [0, 0.1) is 0 Å². The molecule has 3 aromatic rings. The zero-order chi connectivity index (χ0) is 17.1. The van der Waals surface area contributed by atoms with Gasteiger partial charge in [0.1, 0.15) is 11.6 Å². The second-order valence-corrected chi connectivity index (χ2v) is 6.47. The highest BCUT2D eigenvalue weighted by molar-refractivity contribution is 5.38. The Kier molecular flexibility index (Phi) is 4.33. The molecular formula is C19H22N6. The van der Waals surface area contributed by atoms with E-state index in [1.165, 1.54) is 5.56 Å². The molecule has 0 aliphatic carbocycles. The summed E-state index contributed by atoms with van der Waals surface area (Å²) in [5.74, 6) is 2.73. The molecule has 1 aliphatic rings. The summed E-state index contributed by atoms with van der Waals surface area (Å²) in [7, 11) is 0. The van der Waals surface area contributed by atoms with Crippen molar-refractivity contribution >= 4 is 11.8 Å². The standard InChI is InChI=1S/C19H22N6/c20-17-8-9-22-19(23-17)25-11-4-7-16(14-25)18-21-10-12-24(18)13-15-5-2-1-3-6-15/h1-3,5-6,8-10,12,16H,4,7,11,13-14H2,(H2,20,22,23)/t16-/m1/s1. The van der Waals surface area contributed by atoms with Crippen molar-refractivity contribution < 1.29 is 0 Å². The fourth-order valence-electron chi connectivity index (χ4n) is 3.48. The number of piperidine rings is 1. The number of nitrogens with zero attached hydrogens (tertiary/aromatic N) is 5. The molecule has 1 fully saturated rings. The first kappa shape index (κ1) is 15.6. The maximum absolute atomic E-state index is 5.81. The average molecular weight is 334 g/mol. The molecule has 4 rings (SSSR count). The van der Waals surface area contributed by atoms with Crippen LogP contribution >= 0.6 is 0 Å². The Hall–Kier alpha value is -2.89. The van der Waals surface area contributed by atoms with Crippen LogP contribution in [0.15, 0.2) is 55.0 Å². The third-order valence-electron chi connectivity index (χ3n) is 4.68. The van der Waals surface area contributed by atoms with Crippen molar-refractivity contribution in [2.75, 3.05) is 23.7 Å². The van der Waals surface area contributed by atoms with E-state index in [2.05, 4.69) is 54.9 Å². The molecule has 25 heavy (non-hydrogen) atoms. The molecule has 0 radical (unpaired) electrons. The minimum Gasteiger partial charge on any atom is -0.384 e. The van der Waals surface area contributed by atoms with Gasteiger partial charge in [0.25, 0.3) is 0 Å². The van der Waals surface area contributed by atoms with Gasteiger partial charge < -0.3 is 15.2 Å². The second-order valence-electron chi connectivity index (χ2n) is 6.47. The minimum atomic E-state index is 0.373. The third-order valence-corrected chi connectivity index (χ3v) is 4.68. The molecule has 1 aromatic carbocycles. The van der Waals surface area contributed by atoms with E-state index >= 15 is 0 Å². The molecule has 6 heteroatoms. The number of hydrogen-bond donors (Lipinski definition) is 1. The summed E-state index contributed by atoms with van der Waals surface area (Å²) in [5.41, 5.74) is 7.10. The van der Waals surface area contributed by atoms with Gasteiger partial charge in [-0.1, -0.05) is 30.3 Å². The topological polar surface area (TPSA) is 72.9 Å². The van der Waals surface area contributed by atoms with Crippen LogP contribution in [-0.4, -0.2) is 32.6 Å². The van der Waals surface area contributed by atoms with Gasteiger partial charge in [0.05, 0.1) is 0 Å². The number of anilines is 2. The largest absolute Gasteiger partial charge is 0.384 e. The summed E-state index contributed by atoms with van der Waals surface area (Å²) in [6.45, 7) is 2.68. The van der Waals surface area contributed by atoms with Gasteiger partial charge in [0.15, 0.2) is 0 Å². The van der Waals surface area contributed by atoms with Crippen molar-refractivity contribution in [2.24, 2.45) is 0 Å². The van der Waals surface area contributed by atoms with Gasteiger partial charge in [0, 0.05) is 44.1 Å². The molecule has 6 nitrogen and oxygen atoms in total. The lowest BCUT2D eigenvalue weighted by Gasteiger charge is -2.32. The fourth-order valence-corrected chi connectivity index (χ4v) is 3.48. The minimum absolute atomic E-state index is 0.373. The lowest BCUT2D eigenvalue weighted by molar-refractivity contribution is 0.471. The molecule has 1 atom stereocenters. The van der Waals surface area contributed by atoms with Crippen molar-refractivity contribution in [3.05, 3.63) is 66.4 Å².